The molecule has 3 aromatic carbocycles. The van der Waals surface area contributed by atoms with Crippen LogP contribution in [0.5, 0.6) is 5.75 Å². The number of aryl methyl sites for hydroxylation is 2. The minimum atomic E-state index is -3.74. The first-order valence-corrected chi connectivity index (χ1v) is 12.4. The molecule has 32 heavy (non-hydrogen) atoms. The van der Waals surface area contributed by atoms with Crippen molar-refractivity contribution < 1.29 is 17.9 Å². The zero-order chi connectivity index (χ0) is 23.3. The molecule has 0 spiro atoms. The SMILES string of the molecule is COc1ccc(S[C@@H](C)C(=O)Nc2ccc(S(=O)(=O)Nc3cc(C)ccc3C)cc2)cc1. The maximum atomic E-state index is 12.7. The van der Waals surface area contributed by atoms with Crippen LogP contribution in [0.15, 0.2) is 76.5 Å². The first-order valence-electron chi connectivity index (χ1n) is 9.99. The molecular weight excluding hydrogens is 444 g/mol. The molecule has 0 heterocycles. The van der Waals surface area contributed by atoms with Crippen molar-refractivity contribution >= 4 is 39.1 Å². The highest BCUT2D eigenvalue weighted by molar-refractivity contribution is 8.00. The molecule has 0 bridgehead atoms. The van der Waals surface area contributed by atoms with E-state index >= 15 is 0 Å². The van der Waals surface area contributed by atoms with Crippen LogP contribution in [0.4, 0.5) is 11.4 Å². The smallest absolute Gasteiger partial charge is 0.261 e. The summed E-state index contributed by atoms with van der Waals surface area (Å²) >= 11 is 1.43. The summed E-state index contributed by atoms with van der Waals surface area (Å²) < 4.78 is 33.3. The lowest BCUT2D eigenvalue weighted by Gasteiger charge is -2.14. The van der Waals surface area contributed by atoms with Crippen LogP contribution in [-0.4, -0.2) is 26.7 Å². The number of methoxy groups -OCH3 is 1. The van der Waals surface area contributed by atoms with Crippen molar-refractivity contribution in [3.05, 3.63) is 77.9 Å². The fraction of sp³-hybridized carbons (Fsp3) is 0.208. The van der Waals surface area contributed by atoms with Crippen molar-refractivity contribution in [2.75, 3.05) is 17.1 Å². The van der Waals surface area contributed by atoms with E-state index in [1.165, 1.54) is 23.9 Å². The van der Waals surface area contributed by atoms with Crippen LogP contribution in [0.1, 0.15) is 18.1 Å². The van der Waals surface area contributed by atoms with Gasteiger partial charge in [0.25, 0.3) is 10.0 Å². The number of rotatable bonds is 8. The van der Waals surface area contributed by atoms with Crippen molar-refractivity contribution in [1.29, 1.82) is 0 Å². The Balaban J connectivity index is 1.64. The minimum Gasteiger partial charge on any atom is -0.497 e. The molecule has 3 rings (SSSR count). The van der Waals surface area contributed by atoms with E-state index in [1.807, 2.05) is 57.2 Å². The number of anilines is 2. The second-order valence-electron chi connectivity index (χ2n) is 7.37. The molecule has 0 aliphatic rings. The van der Waals surface area contributed by atoms with Crippen molar-refractivity contribution in [2.24, 2.45) is 0 Å². The van der Waals surface area contributed by atoms with E-state index in [1.54, 1.807) is 25.3 Å². The van der Waals surface area contributed by atoms with E-state index in [0.717, 1.165) is 21.8 Å². The Labute approximate surface area is 193 Å². The largest absolute Gasteiger partial charge is 0.497 e. The van der Waals surface area contributed by atoms with Crippen molar-refractivity contribution in [1.82, 2.24) is 0 Å². The van der Waals surface area contributed by atoms with Crippen LogP contribution < -0.4 is 14.8 Å². The maximum absolute atomic E-state index is 12.7. The summed E-state index contributed by atoms with van der Waals surface area (Å²) in [7, 11) is -2.13. The number of amides is 1. The second kappa shape index (κ2) is 10.1. The van der Waals surface area contributed by atoms with Gasteiger partial charge in [0.05, 0.1) is 22.9 Å². The predicted molar refractivity (Wildman–Crippen MR) is 130 cm³/mol. The van der Waals surface area contributed by atoms with E-state index in [9.17, 15) is 13.2 Å². The van der Waals surface area contributed by atoms with Gasteiger partial charge in [0.1, 0.15) is 5.75 Å². The van der Waals surface area contributed by atoms with Gasteiger partial charge in [-0.05, 0) is 86.5 Å². The van der Waals surface area contributed by atoms with Gasteiger partial charge in [0, 0.05) is 10.6 Å². The van der Waals surface area contributed by atoms with Gasteiger partial charge >= 0.3 is 0 Å². The Hall–Kier alpha value is -2.97. The Morgan fingerprint density at radius 2 is 1.62 bits per heavy atom. The number of thioether (sulfide) groups is 1. The molecule has 0 unspecified atom stereocenters. The summed E-state index contributed by atoms with van der Waals surface area (Å²) in [5.74, 6) is 0.587. The van der Waals surface area contributed by atoms with Gasteiger partial charge in [-0.1, -0.05) is 12.1 Å². The highest BCUT2D eigenvalue weighted by atomic mass is 32.2. The molecule has 0 fully saturated rings. The Morgan fingerprint density at radius 3 is 2.25 bits per heavy atom. The monoisotopic (exact) mass is 470 g/mol. The average molecular weight is 471 g/mol. The zero-order valence-corrected chi connectivity index (χ0v) is 20.0. The highest BCUT2D eigenvalue weighted by Crippen LogP contribution is 2.27. The number of ether oxygens (including phenoxy) is 1. The molecule has 8 heteroatoms. The van der Waals surface area contributed by atoms with Gasteiger partial charge in [-0.15, -0.1) is 11.8 Å². The van der Waals surface area contributed by atoms with Crippen LogP contribution >= 0.6 is 11.8 Å². The third-order valence-corrected chi connectivity index (χ3v) is 7.30. The quantitative estimate of drug-likeness (QED) is 0.440. The number of hydrogen-bond acceptors (Lipinski definition) is 5. The van der Waals surface area contributed by atoms with Crippen LogP contribution in [0.25, 0.3) is 0 Å². The van der Waals surface area contributed by atoms with Crippen LogP contribution in [-0.2, 0) is 14.8 Å². The molecule has 0 aliphatic heterocycles. The summed E-state index contributed by atoms with van der Waals surface area (Å²) in [5.41, 5.74) is 2.88. The predicted octanol–water partition coefficient (Wildman–Crippen LogP) is 5.23. The molecule has 0 saturated heterocycles. The molecule has 168 valence electrons. The molecule has 1 atom stereocenters. The fourth-order valence-electron chi connectivity index (χ4n) is 2.92. The van der Waals surface area contributed by atoms with Crippen molar-refractivity contribution in [2.45, 2.75) is 35.8 Å². The number of benzene rings is 3. The maximum Gasteiger partial charge on any atom is 0.261 e. The topological polar surface area (TPSA) is 84.5 Å². The molecule has 0 aliphatic carbocycles. The fourth-order valence-corrected chi connectivity index (χ4v) is 4.91. The number of nitrogens with one attached hydrogen (secondary N) is 2. The van der Waals surface area contributed by atoms with Gasteiger partial charge in [-0.25, -0.2) is 8.42 Å². The Morgan fingerprint density at radius 1 is 0.969 bits per heavy atom. The summed E-state index contributed by atoms with van der Waals surface area (Å²) in [4.78, 5) is 13.6. The first-order chi connectivity index (χ1) is 15.2. The van der Waals surface area contributed by atoms with E-state index < -0.39 is 10.0 Å². The van der Waals surface area contributed by atoms with Crippen LogP contribution in [0.3, 0.4) is 0 Å². The lowest BCUT2D eigenvalue weighted by Crippen LogP contribution is -2.22. The number of carbonyl (C=O) groups excluding carboxylic acids is 1. The third kappa shape index (κ3) is 6.05. The zero-order valence-electron chi connectivity index (χ0n) is 18.4. The van der Waals surface area contributed by atoms with Gasteiger partial charge in [0.2, 0.25) is 5.91 Å². The van der Waals surface area contributed by atoms with E-state index in [-0.39, 0.29) is 16.1 Å². The number of carbonyl (C=O) groups is 1. The van der Waals surface area contributed by atoms with Gasteiger partial charge < -0.3 is 10.1 Å². The molecule has 0 radical (unpaired) electrons. The molecule has 1 amide bonds. The lowest BCUT2D eigenvalue weighted by atomic mass is 10.1. The number of hydrogen-bond donors (Lipinski definition) is 2. The van der Waals surface area contributed by atoms with E-state index in [2.05, 4.69) is 10.0 Å². The molecule has 0 aromatic heterocycles. The summed E-state index contributed by atoms with van der Waals surface area (Å²) in [5, 5.41) is 2.49. The second-order valence-corrected chi connectivity index (χ2v) is 10.5. The third-order valence-electron chi connectivity index (χ3n) is 4.81. The van der Waals surface area contributed by atoms with E-state index in [4.69, 9.17) is 4.74 Å². The molecule has 0 saturated carbocycles. The van der Waals surface area contributed by atoms with Crippen LogP contribution in [0, 0.1) is 13.8 Å². The van der Waals surface area contributed by atoms with Crippen molar-refractivity contribution in [3.63, 3.8) is 0 Å². The average Bonchev–Trinajstić information content (AvgIpc) is 2.77. The van der Waals surface area contributed by atoms with Gasteiger partial charge in [0.15, 0.2) is 0 Å². The summed E-state index contributed by atoms with van der Waals surface area (Å²) in [6, 6.07) is 19.2. The lowest BCUT2D eigenvalue weighted by molar-refractivity contribution is -0.115. The summed E-state index contributed by atoms with van der Waals surface area (Å²) in [6.45, 7) is 5.57. The van der Waals surface area contributed by atoms with Crippen molar-refractivity contribution in [3.8, 4) is 5.75 Å². The minimum absolute atomic E-state index is 0.122. The first kappa shape index (κ1) is 23.7. The highest BCUT2D eigenvalue weighted by Gasteiger charge is 2.17. The number of sulfonamides is 1. The van der Waals surface area contributed by atoms with Gasteiger partial charge in [-0.2, -0.15) is 0 Å². The molecule has 3 aromatic rings. The molecular formula is C24H26N2O4S2. The van der Waals surface area contributed by atoms with Gasteiger partial charge in [-0.3, -0.25) is 9.52 Å². The molecule has 6 nitrogen and oxygen atoms in total. The van der Waals surface area contributed by atoms with Crippen LogP contribution in [0.2, 0.25) is 0 Å². The normalized spacial score (nSPS) is 12.1. The van der Waals surface area contributed by atoms with E-state index in [0.29, 0.717) is 11.4 Å². The summed E-state index contributed by atoms with van der Waals surface area (Å²) in [6.07, 6.45) is 0. The Kier molecular flexibility index (Phi) is 7.48. The molecule has 2 N–H and O–H groups in total. The Bertz CT molecular complexity index is 1190. The standard InChI is InChI=1S/C24H26N2O4S2/c1-16-5-6-17(2)23(15-16)26-32(28,29)22-13-7-19(8-14-22)25-24(27)18(3)31-21-11-9-20(30-4)10-12-21/h5-15,18,26H,1-4H3,(H,25,27)/t18-/m0/s1.